The average Bonchev–Trinajstić information content (AvgIpc) is 3.36. The molecular formula is C21H22N6O3S. The van der Waals surface area contributed by atoms with Crippen molar-refractivity contribution in [1.29, 1.82) is 0 Å². The second-order valence-corrected chi connectivity index (χ2v) is 8.53. The predicted molar refractivity (Wildman–Crippen MR) is 119 cm³/mol. The number of aryl methyl sites for hydroxylation is 1. The lowest BCUT2D eigenvalue weighted by Gasteiger charge is -2.32. The lowest BCUT2D eigenvalue weighted by Crippen LogP contribution is -2.41. The maximum Gasteiger partial charge on any atom is 0.263 e. The normalized spacial score (nSPS) is 16.7. The molecule has 1 saturated heterocycles. The van der Waals surface area contributed by atoms with Gasteiger partial charge < -0.3 is 19.5 Å². The van der Waals surface area contributed by atoms with E-state index in [2.05, 4.69) is 30.3 Å². The Kier molecular flexibility index (Phi) is 5.14. The Morgan fingerprint density at radius 3 is 3.16 bits per heavy atom. The van der Waals surface area contributed by atoms with E-state index in [1.54, 1.807) is 0 Å². The topological polar surface area (TPSA) is 106 Å². The van der Waals surface area contributed by atoms with Gasteiger partial charge in [-0.05, 0) is 44.9 Å². The summed E-state index contributed by atoms with van der Waals surface area (Å²) >= 11 is 1.45. The van der Waals surface area contributed by atoms with Gasteiger partial charge in [-0.2, -0.15) is 4.98 Å². The smallest absolute Gasteiger partial charge is 0.263 e. The summed E-state index contributed by atoms with van der Waals surface area (Å²) in [6.45, 7) is 5.83. The van der Waals surface area contributed by atoms with Gasteiger partial charge in [0.25, 0.3) is 5.71 Å². The fourth-order valence-electron chi connectivity index (χ4n) is 3.95. The van der Waals surface area contributed by atoms with Crippen LogP contribution in [0.15, 0.2) is 29.0 Å². The van der Waals surface area contributed by atoms with E-state index in [1.165, 1.54) is 17.7 Å². The van der Waals surface area contributed by atoms with E-state index in [1.807, 2.05) is 32.0 Å². The highest BCUT2D eigenvalue weighted by atomic mass is 32.1. The van der Waals surface area contributed by atoms with Crippen LogP contribution in [0.2, 0.25) is 0 Å². The predicted octanol–water partition coefficient (Wildman–Crippen LogP) is 3.79. The number of nitrogens with zero attached hydrogens (tertiary/aromatic N) is 5. The quantitative estimate of drug-likeness (QED) is 0.502. The fourth-order valence-corrected chi connectivity index (χ4v) is 4.85. The minimum Gasteiger partial charge on any atom is -0.494 e. The van der Waals surface area contributed by atoms with Crippen LogP contribution in [0.25, 0.3) is 21.3 Å². The molecule has 5 rings (SSSR count). The van der Waals surface area contributed by atoms with Gasteiger partial charge in [0.1, 0.15) is 23.3 Å². The summed E-state index contributed by atoms with van der Waals surface area (Å²) in [5.41, 5.74) is 2.06. The Hall–Kier alpha value is -3.27. The van der Waals surface area contributed by atoms with E-state index < -0.39 is 0 Å². The number of nitrogens with one attached hydrogen (secondary N) is 1. The van der Waals surface area contributed by atoms with Crippen LogP contribution in [0.4, 0.5) is 10.9 Å². The van der Waals surface area contributed by atoms with Crippen LogP contribution in [-0.2, 0) is 4.79 Å². The van der Waals surface area contributed by atoms with Gasteiger partial charge in [0.05, 0.1) is 28.4 Å². The molecule has 0 aliphatic carbocycles. The Labute approximate surface area is 182 Å². The molecule has 1 unspecified atom stereocenters. The summed E-state index contributed by atoms with van der Waals surface area (Å²) in [4.78, 5) is 28.3. The van der Waals surface area contributed by atoms with Crippen molar-refractivity contribution in [2.45, 2.75) is 26.7 Å². The number of carbonyl (C=O) groups is 1. The number of amides is 1. The number of hydrogen-bond acceptors (Lipinski definition) is 9. The largest absolute Gasteiger partial charge is 0.494 e. The third-order valence-electron chi connectivity index (χ3n) is 5.42. The van der Waals surface area contributed by atoms with Crippen LogP contribution in [0, 0.1) is 12.8 Å². The summed E-state index contributed by atoms with van der Waals surface area (Å²) < 4.78 is 11.8. The molecule has 0 bridgehead atoms. The Balaban J connectivity index is 1.33. The second-order valence-electron chi connectivity index (χ2n) is 7.50. The van der Waals surface area contributed by atoms with Gasteiger partial charge in [-0.3, -0.25) is 4.79 Å². The number of rotatable bonds is 5. The standard InChI is InChI=1S/C21H22N6O3S/c1-3-29-14-6-7-15-16(9-14)31-21(24-15)25-19(28)13-5-4-8-27(10-13)18-17-12(2)26-30-20(17)23-11-22-18/h6-7,9,11,13H,3-5,8,10H2,1-2H3,(H,24,25,28). The van der Waals surface area contributed by atoms with E-state index in [9.17, 15) is 4.79 Å². The lowest BCUT2D eigenvalue weighted by molar-refractivity contribution is -0.120. The lowest BCUT2D eigenvalue weighted by atomic mass is 9.97. The highest BCUT2D eigenvalue weighted by Gasteiger charge is 2.29. The first-order valence-electron chi connectivity index (χ1n) is 10.3. The second kappa shape index (κ2) is 8.10. The molecular weight excluding hydrogens is 416 g/mol. The first-order valence-corrected chi connectivity index (χ1v) is 11.1. The van der Waals surface area contributed by atoms with Crippen LogP contribution >= 0.6 is 11.3 Å². The molecule has 0 spiro atoms. The summed E-state index contributed by atoms with van der Waals surface area (Å²) in [6.07, 6.45) is 3.19. The number of carbonyl (C=O) groups excluding carboxylic acids is 1. The Morgan fingerprint density at radius 2 is 2.29 bits per heavy atom. The summed E-state index contributed by atoms with van der Waals surface area (Å²) in [7, 11) is 0. The molecule has 160 valence electrons. The van der Waals surface area contributed by atoms with Crippen LogP contribution in [-0.4, -0.2) is 45.7 Å². The highest BCUT2D eigenvalue weighted by molar-refractivity contribution is 7.22. The molecule has 1 aliphatic rings. The minimum atomic E-state index is -0.162. The van der Waals surface area contributed by atoms with Crippen LogP contribution < -0.4 is 15.0 Å². The van der Waals surface area contributed by atoms with Crippen LogP contribution in [0.3, 0.4) is 0 Å². The monoisotopic (exact) mass is 438 g/mol. The van der Waals surface area contributed by atoms with Crippen LogP contribution in [0.1, 0.15) is 25.5 Å². The van der Waals surface area contributed by atoms with Crippen LogP contribution in [0.5, 0.6) is 5.75 Å². The molecule has 3 aromatic heterocycles. The SMILES string of the molecule is CCOc1ccc2nc(NC(=O)C3CCCN(c4ncnc5onc(C)c45)C3)sc2c1. The molecule has 1 N–H and O–H groups in total. The molecule has 1 aliphatic heterocycles. The van der Waals surface area contributed by atoms with Crippen molar-refractivity contribution >= 4 is 49.5 Å². The molecule has 10 heteroatoms. The fraction of sp³-hybridized carbons (Fsp3) is 0.381. The number of piperidine rings is 1. The number of hydrogen-bond donors (Lipinski definition) is 1. The first kappa shape index (κ1) is 19.7. The van der Waals surface area contributed by atoms with Crippen molar-refractivity contribution in [2.24, 2.45) is 5.92 Å². The van der Waals surface area contributed by atoms with Gasteiger partial charge in [-0.25, -0.2) is 9.97 Å². The van der Waals surface area contributed by atoms with Gasteiger partial charge in [0.15, 0.2) is 5.13 Å². The highest BCUT2D eigenvalue weighted by Crippen LogP contribution is 2.32. The average molecular weight is 439 g/mol. The summed E-state index contributed by atoms with van der Waals surface area (Å²) in [6, 6.07) is 5.76. The van der Waals surface area contributed by atoms with Gasteiger partial charge in [-0.15, -0.1) is 0 Å². The molecule has 0 saturated carbocycles. The zero-order valence-corrected chi connectivity index (χ0v) is 18.1. The summed E-state index contributed by atoms with van der Waals surface area (Å²) in [5.74, 6) is 1.38. The van der Waals surface area contributed by atoms with Crippen molar-refractivity contribution < 1.29 is 14.1 Å². The number of anilines is 2. The molecule has 1 fully saturated rings. The number of ether oxygens (including phenoxy) is 1. The number of aromatic nitrogens is 4. The molecule has 0 radical (unpaired) electrons. The van der Waals surface area contributed by atoms with Gasteiger partial charge in [-0.1, -0.05) is 16.5 Å². The Morgan fingerprint density at radius 1 is 1.39 bits per heavy atom. The zero-order chi connectivity index (χ0) is 21.4. The van der Waals surface area contributed by atoms with Gasteiger partial charge in [0.2, 0.25) is 5.91 Å². The number of thiazole rings is 1. The molecule has 4 heterocycles. The zero-order valence-electron chi connectivity index (χ0n) is 17.3. The van der Waals surface area contributed by atoms with Crippen molar-refractivity contribution in [3.63, 3.8) is 0 Å². The van der Waals surface area contributed by atoms with E-state index >= 15 is 0 Å². The van der Waals surface area contributed by atoms with Gasteiger partial charge in [0, 0.05) is 13.1 Å². The third kappa shape index (κ3) is 3.78. The van der Waals surface area contributed by atoms with E-state index in [0.717, 1.165) is 52.3 Å². The third-order valence-corrected chi connectivity index (χ3v) is 6.35. The van der Waals surface area contributed by atoms with Crippen molar-refractivity contribution in [3.8, 4) is 5.75 Å². The molecule has 1 aromatic carbocycles. The first-order chi connectivity index (χ1) is 15.1. The molecule has 1 amide bonds. The molecule has 9 nitrogen and oxygen atoms in total. The molecule has 31 heavy (non-hydrogen) atoms. The van der Waals surface area contributed by atoms with E-state index in [0.29, 0.717) is 24.0 Å². The maximum atomic E-state index is 13.0. The Bertz CT molecular complexity index is 1250. The minimum absolute atomic E-state index is 0.0267. The summed E-state index contributed by atoms with van der Waals surface area (Å²) in [5, 5.41) is 8.41. The van der Waals surface area contributed by atoms with Crippen molar-refractivity contribution in [2.75, 3.05) is 29.9 Å². The van der Waals surface area contributed by atoms with E-state index in [4.69, 9.17) is 9.26 Å². The van der Waals surface area contributed by atoms with Gasteiger partial charge >= 0.3 is 0 Å². The molecule has 1 atom stereocenters. The van der Waals surface area contributed by atoms with Crippen molar-refractivity contribution in [3.05, 3.63) is 30.2 Å². The van der Waals surface area contributed by atoms with Crippen molar-refractivity contribution in [1.82, 2.24) is 20.1 Å². The number of fused-ring (bicyclic) bond motifs is 2. The maximum absolute atomic E-state index is 13.0. The van der Waals surface area contributed by atoms with E-state index in [-0.39, 0.29) is 11.8 Å². The molecule has 4 aromatic rings. The number of benzene rings is 1.